The van der Waals surface area contributed by atoms with E-state index in [4.69, 9.17) is 0 Å². The van der Waals surface area contributed by atoms with Crippen LogP contribution in [0.4, 0.5) is 13.2 Å². The second-order valence-corrected chi connectivity index (χ2v) is 5.67. The van der Waals surface area contributed by atoms with Crippen molar-refractivity contribution in [3.8, 4) is 17.1 Å². The molecule has 1 heterocycles. The Morgan fingerprint density at radius 1 is 0.760 bits per heavy atom. The molecule has 0 bridgehead atoms. The van der Waals surface area contributed by atoms with Crippen molar-refractivity contribution < 1.29 is 13.2 Å². The van der Waals surface area contributed by atoms with Crippen molar-refractivity contribution in [3.63, 3.8) is 0 Å². The number of para-hydroxylation sites is 1. The van der Waals surface area contributed by atoms with Crippen LogP contribution in [0.3, 0.4) is 0 Å². The summed E-state index contributed by atoms with van der Waals surface area (Å²) in [7, 11) is 0. The molecule has 5 heteroatoms. The third-order valence-corrected chi connectivity index (χ3v) is 4.03. The zero-order valence-electron chi connectivity index (χ0n) is 13.0. The summed E-state index contributed by atoms with van der Waals surface area (Å²) in [6.45, 7) is 0. The molecular weight excluding hydrogens is 325 g/mol. The van der Waals surface area contributed by atoms with Gasteiger partial charge in [0.15, 0.2) is 0 Å². The minimum atomic E-state index is -4.40. The number of hydrogen-bond acceptors (Lipinski definition) is 1. The Morgan fingerprint density at radius 2 is 1.40 bits per heavy atom. The first-order chi connectivity index (χ1) is 12.0. The highest BCUT2D eigenvalue weighted by Crippen LogP contribution is 2.34. The largest absolute Gasteiger partial charge is 0.416 e. The van der Waals surface area contributed by atoms with Crippen LogP contribution in [0.5, 0.6) is 0 Å². The van der Waals surface area contributed by atoms with E-state index in [1.54, 1.807) is 4.57 Å². The lowest BCUT2D eigenvalue weighted by molar-refractivity contribution is -0.137. The summed E-state index contributed by atoms with van der Waals surface area (Å²) in [5.74, 6) is 0.612. The second-order valence-electron chi connectivity index (χ2n) is 5.67. The molecule has 0 unspecified atom stereocenters. The maximum absolute atomic E-state index is 13.2. The molecule has 0 aliphatic carbocycles. The van der Waals surface area contributed by atoms with Gasteiger partial charge in [0, 0.05) is 11.3 Å². The lowest BCUT2D eigenvalue weighted by Crippen LogP contribution is -2.05. The highest BCUT2D eigenvalue weighted by atomic mass is 19.4. The number of fused-ring (bicyclic) bond motifs is 1. The van der Waals surface area contributed by atoms with Gasteiger partial charge in [0.2, 0.25) is 0 Å². The average molecular weight is 338 g/mol. The van der Waals surface area contributed by atoms with Crippen molar-refractivity contribution in [2.45, 2.75) is 6.18 Å². The molecule has 0 N–H and O–H groups in total. The van der Waals surface area contributed by atoms with Crippen molar-refractivity contribution in [2.24, 2.45) is 0 Å². The minimum Gasteiger partial charge on any atom is -0.292 e. The van der Waals surface area contributed by atoms with Crippen molar-refractivity contribution in [2.75, 3.05) is 0 Å². The molecule has 2 nitrogen and oxygen atoms in total. The van der Waals surface area contributed by atoms with E-state index in [9.17, 15) is 13.2 Å². The predicted molar refractivity (Wildman–Crippen MR) is 91.5 cm³/mol. The van der Waals surface area contributed by atoms with Gasteiger partial charge in [-0.25, -0.2) is 4.98 Å². The van der Waals surface area contributed by atoms with E-state index in [0.29, 0.717) is 16.9 Å². The third kappa shape index (κ3) is 2.78. The van der Waals surface area contributed by atoms with Crippen LogP contribution in [-0.4, -0.2) is 9.55 Å². The Balaban J connectivity index is 2.05. The van der Waals surface area contributed by atoms with Gasteiger partial charge >= 0.3 is 6.18 Å². The van der Waals surface area contributed by atoms with Crippen LogP contribution in [0.25, 0.3) is 28.1 Å². The summed E-state index contributed by atoms with van der Waals surface area (Å²) >= 11 is 0. The van der Waals surface area contributed by atoms with Gasteiger partial charge in [0.25, 0.3) is 0 Å². The van der Waals surface area contributed by atoms with E-state index in [1.165, 1.54) is 6.07 Å². The lowest BCUT2D eigenvalue weighted by Gasteiger charge is -2.11. The molecule has 0 saturated heterocycles. The molecule has 1 aromatic heterocycles. The summed E-state index contributed by atoms with van der Waals surface area (Å²) in [4.78, 5) is 4.58. The normalized spacial score (nSPS) is 11.8. The number of alkyl halides is 3. The lowest BCUT2D eigenvalue weighted by atomic mass is 10.2. The van der Waals surface area contributed by atoms with E-state index < -0.39 is 11.7 Å². The van der Waals surface area contributed by atoms with Crippen molar-refractivity contribution >= 4 is 11.0 Å². The molecule has 25 heavy (non-hydrogen) atoms. The molecule has 4 aromatic rings. The molecule has 0 saturated carbocycles. The Hall–Kier alpha value is -3.08. The Kier molecular flexibility index (Phi) is 3.57. The van der Waals surface area contributed by atoms with E-state index in [2.05, 4.69) is 4.98 Å². The van der Waals surface area contributed by atoms with Gasteiger partial charge in [-0.15, -0.1) is 0 Å². The van der Waals surface area contributed by atoms with Crippen molar-refractivity contribution in [3.05, 3.63) is 84.4 Å². The number of rotatable bonds is 2. The molecule has 0 aliphatic rings. The fourth-order valence-electron chi connectivity index (χ4n) is 2.87. The van der Waals surface area contributed by atoms with Gasteiger partial charge in [0.05, 0.1) is 16.6 Å². The molecule has 4 rings (SSSR count). The van der Waals surface area contributed by atoms with Crippen LogP contribution >= 0.6 is 0 Å². The number of imidazole rings is 1. The van der Waals surface area contributed by atoms with Crippen molar-refractivity contribution in [1.29, 1.82) is 0 Å². The van der Waals surface area contributed by atoms with E-state index in [1.807, 2.05) is 60.7 Å². The zero-order valence-corrected chi connectivity index (χ0v) is 13.0. The van der Waals surface area contributed by atoms with E-state index >= 15 is 0 Å². The number of benzene rings is 3. The number of aromatic nitrogens is 2. The molecule has 124 valence electrons. The SMILES string of the molecule is FC(F)(F)c1ccc2nc(-c3ccccc3)n(-c3ccccc3)c2c1. The Morgan fingerprint density at radius 3 is 2.04 bits per heavy atom. The van der Waals surface area contributed by atoms with Gasteiger partial charge in [-0.2, -0.15) is 13.2 Å². The molecule has 0 fully saturated rings. The topological polar surface area (TPSA) is 17.8 Å². The van der Waals surface area contributed by atoms with Gasteiger partial charge in [0.1, 0.15) is 5.82 Å². The molecule has 0 radical (unpaired) electrons. The number of hydrogen-bond donors (Lipinski definition) is 0. The quantitative estimate of drug-likeness (QED) is 0.458. The first-order valence-electron chi connectivity index (χ1n) is 7.74. The van der Waals surface area contributed by atoms with Gasteiger partial charge < -0.3 is 0 Å². The molecule has 0 spiro atoms. The molecule has 0 aliphatic heterocycles. The first-order valence-corrected chi connectivity index (χ1v) is 7.74. The number of nitrogens with zero attached hydrogens (tertiary/aromatic N) is 2. The maximum Gasteiger partial charge on any atom is 0.416 e. The average Bonchev–Trinajstić information content (AvgIpc) is 3.01. The van der Waals surface area contributed by atoms with Crippen LogP contribution in [0.15, 0.2) is 78.9 Å². The van der Waals surface area contributed by atoms with Crippen LogP contribution in [0.2, 0.25) is 0 Å². The third-order valence-electron chi connectivity index (χ3n) is 4.03. The van der Waals surface area contributed by atoms with Crippen LogP contribution in [0.1, 0.15) is 5.56 Å². The standard InChI is InChI=1S/C20H13F3N2/c21-20(22,23)15-11-12-17-18(13-15)25(16-9-5-2-6-10-16)19(24-17)14-7-3-1-4-8-14/h1-13H. The summed E-state index contributed by atoms with van der Waals surface area (Å²) in [5, 5.41) is 0. The maximum atomic E-state index is 13.2. The van der Waals surface area contributed by atoms with Crippen LogP contribution in [0, 0.1) is 0 Å². The zero-order chi connectivity index (χ0) is 17.4. The molecule has 0 atom stereocenters. The van der Waals surface area contributed by atoms with E-state index in [-0.39, 0.29) is 0 Å². The van der Waals surface area contributed by atoms with Gasteiger partial charge in [-0.3, -0.25) is 4.57 Å². The van der Waals surface area contributed by atoms with Crippen molar-refractivity contribution in [1.82, 2.24) is 9.55 Å². The predicted octanol–water partition coefficient (Wildman–Crippen LogP) is 5.71. The molecular formula is C20H13F3N2. The molecule has 0 amide bonds. The first kappa shape index (κ1) is 15.4. The Labute approximate surface area is 142 Å². The van der Waals surface area contributed by atoms with E-state index in [0.717, 1.165) is 23.4 Å². The minimum absolute atomic E-state index is 0.430. The molecule has 3 aromatic carbocycles. The monoisotopic (exact) mass is 338 g/mol. The summed E-state index contributed by atoms with van der Waals surface area (Å²) < 4.78 is 41.2. The van der Waals surface area contributed by atoms with Gasteiger partial charge in [-0.05, 0) is 30.3 Å². The fourth-order valence-corrected chi connectivity index (χ4v) is 2.87. The smallest absolute Gasteiger partial charge is 0.292 e. The summed E-state index contributed by atoms with van der Waals surface area (Å²) in [5.41, 5.74) is 1.88. The summed E-state index contributed by atoms with van der Waals surface area (Å²) in [6, 6.07) is 22.4. The highest BCUT2D eigenvalue weighted by Gasteiger charge is 2.31. The second kappa shape index (κ2) is 5.77. The fraction of sp³-hybridized carbons (Fsp3) is 0.0500. The van der Waals surface area contributed by atoms with Crippen LogP contribution in [-0.2, 0) is 6.18 Å². The summed E-state index contributed by atoms with van der Waals surface area (Å²) in [6.07, 6.45) is -4.40. The van der Waals surface area contributed by atoms with Gasteiger partial charge in [-0.1, -0.05) is 48.5 Å². The highest BCUT2D eigenvalue weighted by molar-refractivity contribution is 5.84. The van der Waals surface area contributed by atoms with Crippen LogP contribution < -0.4 is 0 Å². The Bertz CT molecular complexity index is 1020. The number of halogens is 3.